The molecule has 0 nitrogen and oxygen atoms in total. The Hall–Kier alpha value is -0.170. The fourth-order valence-corrected chi connectivity index (χ4v) is 3.11. The number of hydrogen-bond donors (Lipinski definition) is 0. The van der Waals surface area contributed by atoms with Gasteiger partial charge in [-0.1, -0.05) is 26.0 Å². The van der Waals surface area contributed by atoms with Gasteiger partial charge in [-0.3, -0.25) is 0 Å². The highest BCUT2D eigenvalue weighted by atomic mass is 32.3. The van der Waals surface area contributed by atoms with Crippen LogP contribution in [-0.4, -0.2) is 11.5 Å². The maximum absolute atomic E-state index is 2.38. The van der Waals surface area contributed by atoms with E-state index in [4.69, 9.17) is 0 Å². The van der Waals surface area contributed by atoms with Crippen LogP contribution < -0.4 is 0 Å². The minimum Gasteiger partial charge on any atom is -0.201 e. The molecule has 0 amide bonds. The molecule has 9 heavy (non-hydrogen) atoms. The first-order valence-electron chi connectivity index (χ1n) is 3.46. The van der Waals surface area contributed by atoms with Gasteiger partial charge in [0.25, 0.3) is 0 Å². The van der Waals surface area contributed by atoms with Crippen molar-refractivity contribution in [3.8, 4) is 0 Å². The number of rotatable bonds is 2. The zero-order chi connectivity index (χ0) is 6.74. The molecule has 0 unspecified atom stereocenters. The lowest BCUT2D eigenvalue weighted by Gasteiger charge is -2.27. The fraction of sp³-hybridized carbons (Fsp3) is 0.500. The molecular formula is C8H14S. The number of allylic oxidation sites excluding steroid dienone is 2. The van der Waals surface area contributed by atoms with E-state index in [1.807, 2.05) is 0 Å². The third-order valence-electron chi connectivity index (χ3n) is 1.89. The van der Waals surface area contributed by atoms with Crippen LogP contribution in [-0.2, 0) is 0 Å². The SMILES string of the molecule is CCS1(CC)C=CC=C1. The van der Waals surface area contributed by atoms with Crippen LogP contribution in [0.5, 0.6) is 0 Å². The first kappa shape index (κ1) is 6.94. The molecule has 0 bridgehead atoms. The summed E-state index contributed by atoms with van der Waals surface area (Å²) in [7, 11) is -0.398. The van der Waals surface area contributed by atoms with Gasteiger partial charge in [0.1, 0.15) is 0 Å². The molecule has 0 aliphatic carbocycles. The summed E-state index contributed by atoms with van der Waals surface area (Å²) < 4.78 is 0. The summed E-state index contributed by atoms with van der Waals surface area (Å²) in [6, 6.07) is 0. The highest BCUT2D eigenvalue weighted by Gasteiger charge is 2.13. The quantitative estimate of drug-likeness (QED) is 0.556. The summed E-state index contributed by atoms with van der Waals surface area (Å²) in [5, 5.41) is 4.76. The van der Waals surface area contributed by atoms with Crippen molar-refractivity contribution < 1.29 is 0 Å². The first-order valence-corrected chi connectivity index (χ1v) is 5.56. The van der Waals surface area contributed by atoms with E-state index in [1.54, 1.807) is 0 Å². The molecule has 1 heterocycles. The molecule has 1 aliphatic heterocycles. The van der Waals surface area contributed by atoms with Gasteiger partial charge in [0, 0.05) is 0 Å². The second-order valence-corrected chi connectivity index (χ2v) is 5.95. The van der Waals surface area contributed by atoms with Gasteiger partial charge in [-0.2, -0.15) is 0 Å². The van der Waals surface area contributed by atoms with E-state index < -0.39 is 10.0 Å². The van der Waals surface area contributed by atoms with Gasteiger partial charge in [0.15, 0.2) is 0 Å². The molecule has 52 valence electrons. The van der Waals surface area contributed by atoms with Crippen LogP contribution >= 0.6 is 10.0 Å². The van der Waals surface area contributed by atoms with Crippen molar-refractivity contribution in [1.82, 2.24) is 0 Å². The Balaban J connectivity index is 2.69. The molecule has 0 radical (unpaired) electrons. The molecule has 0 spiro atoms. The summed E-state index contributed by atoms with van der Waals surface area (Å²) >= 11 is 0. The van der Waals surface area contributed by atoms with E-state index in [2.05, 4.69) is 36.8 Å². The predicted octanol–water partition coefficient (Wildman–Crippen LogP) is 2.87. The molecule has 0 aromatic rings. The van der Waals surface area contributed by atoms with E-state index >= 15 is 0 Å². The molecule has 1 rings (SSSR count). The van der Waals surface area contributed by atoms with E-state index in [0.29, 0.717) is 0 Å². The Kier molecular flexibility index (Phi) is 2.01. The van der Waals surface area contributed by atoms with Crippen molar-refractivity contribution in [2.75, 3.05) is 11.5 Å². The summed E-state index contributed by atoms with van der Waals surface area (Å²) in [6.45, 7) is 4.55. The average molecular weight is 142 g/mol. The van der Waals surface area contributed by atoms with Gasteiger partial charge >= 0.3 is 0 Å². The lowest BCUT2D eigenvalue weighted by molar-refractivity contribution is 1.43. The van der Waals surface area contributed by atoms with Crippen LogP contribution in [0.3, 0.4) is 0 Å². The molecule has 1 aliphatic rings. The molecule has 0 aromatic heterocycles. The van der Waals surface area contributed by atoms with Crippen molar-refractivity contribution >= 4 is 10.0 Å². The van der Waals surface area contributed by atoms with Gasteiger partial charge in [0.2, 0.25) is 0 Å². The summed E-state index contributed by atoms with van der Waals surface area (Å²) in [5.74, 6) is 2.63. The summed E-state index contributed by atoms with van der Waals surface area (Å²) in [6.07, 6.45) is 4.37. The Bertz CT molecular complexity index is 127. The van der Waals surface area contributed by atoms with Gasteiger partial charge in [-0.05, 0) is 22.3 Å². The highest BCUT2D eigenvalue weighted by Crippen LogP contribution is 2.52. The lowest BCUT2D eigenvalue weighted by Crippen LogP contribution is -1.95. The summed E-state index contributed by atoms with van der Waals surface area (Å²) in [4.78, 5) is 0. The maximum Gasteiger partial charge on any atom is -0.0187 e. The smallest absolute Gasteiger partial charge is 0.0187 e. The topological polar surface area (TPSA) is 0 Å². The third-order valence-corrected chi connectivity index (χ3v) is 5.43. The van der Waals surface area contributed by atoms with Gasteiger partial charge in [-0.25, -0.2) is 10.0 Å². The molecule has 1 heteroatoms. The second-order valence-electron chi connectivity index (χ2n) is 2.24. The molecule has 0 saturated heterocycles. The van der Waals surface area contributed by atoms with E-state index in [0.717, 1.165) is 0 Å². The minimum atomic E-state index is -0.398. The van der Waals surface area contributed by atoms with Gasteiger partial charge in [0.05, 0.1) is 0 Å². The van der Waals surface area contributed by atoms with Crippen LogP contribution in [0.4, 0.5) is 0 Å². The van der Waals surface area contributed by atoms with Crippen LogP contribution in [0.2, 0.25) is 0 Å². The van der Waals surface area contributed by atoms with Crippen LogP contribution in [0, 0.1) is 0 Å². The van der Waals surface area contributed by atoms with Crippen molar-refractivity contribution in [2.24, 2.45) is 0 Å². The standard InChI is InChI=1S/C8H14S/c1-3-9(4-2)7-5-6-8-9/h5-8H,3-4H2,1-2H3. The van der Waals surface area contributed by atoms with Crippen molar-refractivity contribution in [3.05, 3.63) is 23.0 Å². The van der Waals surface area contributed by atoms with E-state index in [9.17, 15) is 0 Å². The van der Waals surface area contributed by atoms with Gasteiger partial charge in [-0.15, -0.1) is 0 Å². The Morgan fingerprint density at radius 1 is 1.00 bits per heavy atom. The zero-order valence-corrected chi connectivity index (χ0v) is 6.95. The van der Waals surface area contributed by atoms with Crippen molar-refractivity contribution in [2.45, 2.75) is 13.8 Å². The van der Waals surface area contributed by atoms with E-state index in [-0.39, 0.29) is 0 Å². The highest BCUT2D eigenvalue weighted by molar-refractivity contribution is 8.38. The van der Waals surface area contributed by atoms with Crippen LogP contribution in [0.15, 0.2) is 23.0 Å². The average Bonchev–Trinajstić information content (AvgIpc) is 2.36. The minimum absolute atomic E-state index is 0.398. The predicted molar refractivity (Wildman–Crippen MR) is 47.0 cm³/mol. The molecule has 0 aromatic carbocycles. The Morgan fingerprint density at radius 2 is 1.44 bits per heavy atom. The third kappa shape index (κ3) is 1.21. The summed E-state index contributed by atoms with van der Waals surface area (Å²) in [5.41, 5.74) is 0. The zero-order valence-electron chi connectivity index (χ0n) is 6.13. The Morgan fingerprint density at radius 3 is 1.67 bits per heavy atom. The van der Waals surface area contributed by atoms with Crippen LogP contribution in [0.25, 0.3) is 0 Å². The maximum atomic E-state index is 2.38. The van der Waals surface area contributed by atoms with Crippen LogP contribution in [0.1, 0.15) is 13.8 Å². The van der Waals surface area contributed by atoms with Gasteiger partial charge < -0.3 is 0 Å². The number of hydrogen-bond acceptors (Lipinski definition) is 0. The molecular weight excluding hydrogens is 128 g/mol. The molecule has 0 saturated carbocycles. The van der Waals surface area contributed by atoms with Crippen molar-refractivity contribution in [3.63, 3.8) is 0 Å². The first-order chi connectivity index (χ1) is 4.33. The normalized spacial score (nSPS) is 24.7. The lowest BCUT2D eigenvalue weighted by atomic mass is 10.6. The molecule has 0 fully saturated rings. The monoisotopic (exact) mass is 142 g/mol. The Labute approximate surface area is 59.0 Å². The van der Waals surface area contributed by atoms with Crippen molar-refractivity contribution in [1.29, 1.82) is 0 Å². The molecule has 0 N–H and O–H groups in total. The fourth-order valence-electron chi connectivity index (χ4n) is 1.04. The molecule has 0 atom stereocenters. The largest absolute Gasteiger partial charge is 0.201 e. The van der Waals surface area contributed by atoms with E-state index in [1.165, 1.54) is 11.5 Å². The second kappa shape index (κ2) is 2.61.